The molecule has 0 unspecified atom stereocenters. The van der Waals surface area contributed by atoms with Gasteiger partial charge in [0.15, 0.2) is 0 Å². The number of hydrogen-bond donors (Lipinski definition) is 3. The number of aryl methyl sites for hydroxylation is 1. The van der Waals surface area contributed by atoms with E-state index in [9.17, 15) is 17.2 Å². The lowest BCUT2D eigenvalue weighted by Crippen LogP contribution is -2.45. The van der Waals surface area contributed by atoms with Crippen LogP contribution in [0.15, 0.2) is 71.9 Å². The molecule has 4 rings (SSSR count). The molecular weight excluding hydrogens is 494 g/mol. The monoisotopic (exact) mass is 528 g/mol. The number of fused-ring (bicyclic) bond motifs is 1. The van der Waals surface area contributed by atoms with Gasteiger partial charge in [-0.2, -0.15) is 0 Å². The smallest absolute Gasteiger partial charge is 0.243 e. The second kappa shape index (κ2) is 12.7. The molecule has 0 amide bonds. The number of nitrogens with two attached hydrogens (primary N) is 1. The van der Waals surface area contributed by atoms with Crippen LogP contribution < -0.4 is 15.8 Å². The van der Waals surface area contributed by atoms with Gasteiger partial charge in [-0.1, -0.05) is 30.7 Å². The van der Waals surface area contributed by atoms with Crippen molar-refractivity contribution in [3.05, 3.63) is 95.3 Å². The highest BCUT2D eigenvalue weighted by Gasteiger charge is 2.30. The molecule has 3 atom stereocenters. The zero-order chi connectivity index (χ0) is 26.3. The van der Waals surface area contributed by atoms with Crippen molar-refractivity contribution in [3.8, 4) is 0 Å². The molecule has 2 aromatic carbocycles. The lowest BCUT2D eigenvalue weighted by atomic mass is 9.76. The average Bonchev–Trinajstić information content (AvgIpc) is 2.88. The van der Waals surface area contributed by atoms with Crippen LogP contribution in [-0.2, 0) is 22.9 Å². The lowest BCUT2D eigenvalue weighted by Gasteiger charge is -2.35. The van der Waals surface area contributed by atoms with Gasteiger partial charge in [-0.25, -0.2) is 21.9 Å². The van der Waals surface area contributed by atoms with E-state index >= 15 is 0 Å². The van der Waals surface area contributed by atoms with Gasteiger partial charge in [0.05, 0.1) is 0 Å². The molecular formula is C28H34F2N4O2S. The summed E-state index contributed by atoms with van der Waals surface area (Å²) in [7, 11) is -3.87. The molecule has 0 aliphatic heterocycles. The Morgan fingerprint density at radius 2 is 1.92 bits per heavy atom. The van der Waals surface area contributed by atoms with E-state index < -0.39 is 15.8 Å². The summed E-state index contributed by atoms with van der Waals surface area (Å²) >= 11 is 0. The third kappa shape index (κ3) is 7.41. The van der Waals surface area contributed by atoms with Gasteiger partial charge in [0.1, 0.15) is 16.5 Å². The Labute approximate surface area is 217 Å². The van der Waals surface area contributed by atoms with Crippen molar-refractivity contribution in [1.29, 1.82) is 0 Å². The Kier molecular flexibility index (Phi) is 9.37. The SMILES string of the molecule is N[C@@H](CCCCNS(=O)(=O)c1ccccc1F)CN[C@@H]1CCc2cc(F)ccc2[C@@H]1Cc1cccnc1. The average molecular weight is 529 g/mol. The molecule has 37 heavy (non-hydrogen) atoms. The first-order valence-electron chi connectivity index (χ1n) is 12.7. The minimum Gasteiger partial charge on any atom is -0.327 e. The summed E-state index contributed by atoms with van der Waals surface area (Å²) < 4.78 is 54.7. The molecule has 0 saturated heterocycles. The number of sulfonamides is 1. The maximum atomic E-state index is 13.8. The standard InChI is InChI=1S/C28H34F2N4O2S/c29-22-11-12-24-21(17-22)10-13-27(25(24)16-20-6-5-14-32-18-20)33-19-23(31)7-3-4-15-34-37(35,36)28-9-2-1-8-26(28)30/h1-2,5-6,8-9,11-12,14,17-18,23,25,27,33-34H,3-4,7,10,13,15-16,19,31H2/t23-,25-,27+/m0/s1. The van der Waals surface area contributed by atoms with Gasteiger partial charge < -0.3 is 11.1 Å². The van der Waals surface area contributed by atoms with Crippen LogP contribution in [0.5, 0.6) is 0 Å². The second-order valence-corrected chi connectivity index (χ2v) is 11.4. The summed E-state index contributed by atoms with van der Waals surface area (Å²) in [5.74, 6) is -0.780. The molecule has 1 aromatic heterocycles. The summed E-state index contributed by atoms with van der Waals surface area (Å²) in [5, 5.41) is 3.65. The topological polar surface area (TPSA) is 97.1 Å². The number of hydrogen-bond acceptors (Lipinski definition) is 5. The first-order valence-corrected chi connectivity index (χ1v) is 14.2. The van der Waals surface area contributed by atoms with Crippen LogP contribution in [0.25, 0.3) is 0 Å². The molecule has 4 N–H and O–H groups in total. The van der Waals surface area contributed by atoms with Crippen molar-refractivity contribution in [2.45, 2.75) is 61.4 Å². The molecule has 0 fully saturated rings. The zero-order valence-electron chi connectivity index (χ0n) is 20.7. The van der Waals surface area contributed by atoms with E-state index in [1.54, 1.807) is 12.3 Å². The van der Waals surface area contributed by atoms with Gasteiger partial charge in [0.2, 0.25) is 10.0 Å². The largest absolute Gasteiger partial charge is 0.327 e. The first-order chi connectivity index (χ1) is 17.8. The van der Waals surface area contributed by atoms with Gasteiger partial charge in [0, 0.05) is 43.5 Å². The highest BCUT2D eigenvalue weighted by Crippen LogP contribution is 2.35. The lowest BCUT2D eigenvalue weighted by molar-refractivity contribution is 0.366. The fraction of sp³-hybridized carbons (Fsp3) is 0.393. The van der Waals surface area contributed by atoms with Crippen LogP contribution >= 0.6 is 0 Å². The van der Waals surface area contributed by atoms with Crippen LogP contribution in [0.4, 0.5) is 8.78 Å². The van der Waals surface area contributed by atoms with Gasteiger partial charge in [-0.15, -0.1) is 0 Å². The van der Waals surface area contributed by atoms with Crippen LogP contribution in [0.2, 0.25) is 0 Å². The Morgan fingerprint density at radius 1 is 1.08 bits per heavy atom. The number of rotatable bonds is 12. The third-order valence-electron chi connectivity index (χ3n) is 6.96. The minimum atomic E-state index is -3.87. The van der Waals surface area contributed by atoms with Crippen molar-refractivity contribution in [2.24, 2.45) is 5.73 Å². The van der Waals surface area contributed by atoms with Crippen LogP contribution in [0.1, 0.15) is 48.3 Å². The van der Waals surface area contributed by atoms with Crippen molar-refractivity contribution in [2.75, 3.05) is 13.1 Å². The van der Waals surface area contributed by atoms with Crippen LogP contribution in [0, 0.1) is 11.6 Å². The quantitative estimate of drug-likeness (QED) is 0.308. The van der Waals surface area contributed by atoms with E-state index in [1.165, 1.54) is 29.8 Å². The number of nitrogens with one attached hydrogen (secondary N) is 2. The van der Waals surface area contributed by atoms with E-state index in [-0.39, 0.29) is 35.3 Å². The fourth-order valence-corrected chi connectivity index (χ4v) is 6.19. The van der Waals surface area contributed by atoms with Gasteiger partial charge in [0.25, 0.3) is 0 Å². The van der Waals surface area contributed by atoms with Gasteiger partial charge in [-0.05, 0) is 79.1 Å². The molecule has 3 aromatic rings. The number of halogens is 2. The number of unbranched alkanes of at least 4 members (excludes halogenated alkanes) is 1. The van der Waals surface area contributed by atoms with Crippen LogP contribution in [0.3, 0.4) is 0 Å². The van der Waals surface area contributed by atoms with Crippen molar-refractivity contribution in [1.82, 2.24) is 15.0 Å². The van der Waals surface area contributed by atoms with E-state index in [0.717, 1.165) is 49.3 Å². The molecule has 0 bridgehead atoms. The second-order valence-electron chi connectivity index (χ2n) is 9.65. The number of aromatic nitrogens is 1. The first kappa shape index (κ1) is 27.3. The number of pyridine rings is 1. The minimum absolute atomic E-state index is 0.0863. The zero-order valence-corrected chi connectivity index (χ0v) is 21.6. The normalized spacial score (nSPS) is 18.4. The summed E-state index contributed by atoms with van der Waals surface area (Å²) in [6.07, 6.45) is 8.23. The summed E-state index contributed by atoms with van der Waals surface area (Å²) in [6.45, 7) is 0.853. The maximum Gasteiger partial charge on any atom is 0.243 e. The maximum absolute atomic E-state index is 13.8. The fourth-order valence-electron chi connectivity index (χ4n) is 5.03. The molecule has 6 nitrogen and oxygen atoms in total. The summed E-state index contributed by atoms with van der Waals surface area (Å²) in [5.41, 5.74) is 9.74. The van der Waals surface area contributed by atoms with E-state index in [1.807, 2.05) is 18.3 Å². The predicted octanol–water partition coefficient (Wildman–Crippen LogP) is 4.07. The molecule has 0 radical (unpaired) electrons. The molecule has 0 spiro atoms. The Morgan fingerprint density at radius 3 is 2.70 bits per heavy atom. The highest BCUT2D eigenvalue weighted by molar-refractivity contribution is 7.89. The molecule has 9 heteroatoms. The van der Waals surface area contributed by atoms with E-state index in [2.05, 4.69) is 21.1 Å². The molecule has 1 heterocycles. The Hall–Kier alpha value is -2.72. The molecule has 0 saturated carbocycles. The van der Waals surface area contributed by atoms with Gasteiger partial charge >= 0.3 is 0 Å². The summed E-state index contributed by atoms with van der Waals surface area (Å²) in [4.78, 5) is 3.90. The Balaban J connectivity index is 1.26. The van der Waals surface area contributed by atoms with Crippen molar-refractivity contribution < 1.29 is 17.2 Å². The summed E-state index contributed by atoms with van der Waals surface area (Å²) in [6, 6.07) is 14.5. The van der Waals surface area contributed by atoms with Crippen molar-refractivity contribution >= 4 is 10.0 Å². The molecule has 1 aliphatic rings. The number of nitrogens with zero attached hydrogens (tertiary/aromatic N) is 1. The van der Waals surface area contributed by atoms with Crippen LogP contribution in [-0.4, -0.2) is 38.6 Å². The van der Waals surface area contributed by atoms with E-state index in [4.69, 9.17) is 5.73 Å². The Bertz CT molecular complexity index is 1270. The third-order valence-corrected chi connectivity index (χ3v) is 8.45. The van der Waals surface area contributed by atoms with Crippen molar-refractivity contribution in [3.63, 3.8) is 0 Å². The van der Waals surface area contributed by atoms with E-state index in [0.29, 0.717) is 13.0 Å². The highest BCUT2D eigenvalue weighted by atomic mass is 32.2. The number of benzene rings is 2. The molecule has 198 valence electrons. The van der Waals surface area contributed by atoms with Gasteiger partial charge in [-0.3, -0.25) is 4.98 Å². The molecule has 1 aliphatic carbocycles. The predicted molar refractivity (Wildman–Crippen MR) is 141 cm³/mol.